The molecule has 0 spiro atoms. The number of likely N-dealkylation sites (tertiary alicyclic amines) is 1. The van der Waals surface area contributed by atoms with E-state index in [0.29, 0.717) is 5.75 Å². The van der Waals surface area contributed by atoms with Crippen molar-refractivity contribution in [2.75, 3.05) is 18.8 Å². The van der Waals surface area contributed by atoms with E-state index in [1.54, 1.807) is 12.1 Å². The number of rotatable bonds is 4. The highest BCUT2D eigenvalue weighted by Crippen LogP contribution is 2.34. The second-order valence-electron chi connectivity index (χ2n) is 5.25. The molecule has 22 heavy (non-hydrogen) atoms. The molecule has 0 aromatic heterocycles. The minimum atomic E-state index is -4.16. The average molecular weight is 335 g/mol. The summed E-state index contributed by atoms with van der Waals surface area (Å²) in [7, 11) is 0. The van der Waals surface area contributed by atoms with Crippen molar-refractivity contribution in [2.24, 2.45) is 5.92 Å². The van der Waals surface area contributed by atoms with Crippen LogP contribution in [-0.2, 0) is 4.79 Å². The number of carbonyl (C=O) groups excluding carboxylic acids is 1. The third-order valence-corrected chi connectivity index (χ3v) is 4.72. The van der Waals surface area contributed by atoms with Crippen LogP contribution in [0.3, 0.4) is 0 Å². The van der Waals surface area contributed by atoms with E-state index < -0.39 is 12.1 Å². The molecule has 1 aromatic carbocycles. The van der Waals surface area contributed by atoms with Crippen LogP contribution in [0.15, 0.2) is 29.2 Å². The van der Waals surface area contributed by atoms with Gasteiger partial charge in [0.1, 0.15) is 5.82 Å². The smallest absolute Gasteiger partial charge is 0.343 e. The Morgan fingerprint density at radius 3 is 2.32 bits per heavy atom. The Hall–Kier alpha value is -1.24. The zero-order chi connectivity index (χ0) is 16.2. The van der Waals surface area contributed by atoms with Gasteiger partial charge in [-0.05, 0) is 37.1 Å². The molecule has 1 aliphatic rings. The summed E-state index contributed by atoms with van der Waals surface area (Å²) in [5, 5.41) is 0. The van der Waals surface area contributed by atoms with Crippen molar-refractivity contribution in [2.45, 2.75) is 30.3 Å². The summed E-state index contributed by atoms with van der Waals surface area (Å²) in [6.07, 6.45) is -3.91. The third-order valence-electron chi connectivity index (χ3n) is 3.71. The Bertz CT molecular complexity index is 495. The average Bonchev–Trinajstić information content (AvgIpc) is 2.48. The number of nitrogens with zero attached hydrogens (tertiary/aromatic N) is 1. The molecular weight excluding hydrogens is 318 g/mol. The van der Waals surface area contributed by atoms with E-state index in [2.05, 4.69) is 0 Å². The molecule has 2 nitrogen and oxygen atoms in total. The highest BCUT2D eigenvalue weighted by molar-refractivity contribution is 7.99. The van der Waals surface area contributed by atoms with Crippen molar-refractivity contribution in [3.05, 3.63) is 30.1 Å². The molecule has 1 amide bonds. The van der Waals surface area contributed by atoms with Gasteiger partial charge in [0.2, 0.25) is 5.91 Å². The maximum Gasteiger partial charge on any atom is 0.391 e. The fraction of sp³-hybridized carbons (Fsp3) is 0.533. The summed E-state index contributed by atoms with van der Waals surface area (Å²) < 4.78 is 50.4. The van der Waals surface area contributed by atoms with Crippen LogP contribution in [0.25, 0.3) is 0 Å². The first-order chi connectivity index (χ1) is 10.4. The SMILES string of the molecule is O=C(CCSc1ccc(F)cc1)N1CCC(C(F)(F)F)CC1. The molecule has 1 aromatic rings. The van der Waals surface area contributed by atoms with Gasteiger partial charge in [-0.1, -0.05) is 0 Å². The van der Waals surface area contributed by atoms with Gasteiger partial charge >= 0.3 is 6.18 Å². The summed E-state index contributed by atoms with van der Waals surface area (Å²) in [6, 6.07) is 5.98. The summed E-state index contributed by atoms with van der Waals surface area (Å²) >= 11 is 1.43. The number of benzene rings is 1. The molecule has 0 aliphatic carbocycles. The van der Waals surface area contributed by atoms with Gasteiger partial charge in [-0.3, -0.25) is 4.79 Å². The van der Waals surface area contributed by atoms with Gasteiger partial charge in [0, 0.05) is 30.2 Å². The Balaban J connectivity index is 1.71. The molecule has 0 unspecified atom stereocenters. The number of halogens is 4. The van der Waals surface area contributed by atoms with E-state index in [0.717, 1.165) is 4.90 Å². The number of hydrogen-bond acceptors (Lipinski definition) is 2. The number of hydrogen-bond donors (Lipinski definition) is 0. The number of piperidine rings is 1. The van der Waals surface area contributed by atoms with Crippen LogP contribution in [0.1, 0.15) is 19.3 Å². The van der Waals surface area contributed by atoms with E-state index >= 15 is 0 Å². The molecular formula is C15H17F4NOS. The van der Waals surface area contributed by atoms with Gasteiger partial charge in [-0.15, -0.1) is 11.8 Å². The van der Waals surface area contributed by atoms with E-state index in [4.69, 9.17) is 0 Å². The van der Waals surface area contributed by atoms with Gasteiger partial charge in [0.25, 0.3) is 0 Å². The van der Waals surface area contributed by atoms with Crippen molar-refractivity contribution in [1.82, 2.24) is 4.90 Å². The topological polar surface area (TPSA) is 20.3 Å². The maximum atomic E-state index is 12.7. The lowest BCUT2D eigenvalue weighted by Crippen LogP contribution is -2.42. The molecule has 7 heteroatoms. The number of thioether (sulfide) groups is 1. The van der Waals surface area contributed by atoms with Crippen LogP contribution in [0, 0.1) is 11.7 Å². The minimum absolute atomic E-state index is 0.0135. The zero-order valence-electron chi connectivity index (χ0n) is 11.9. The molecule has 122 valence electrons. The van der Waals surface area contributed by atoms with Crippen LogP contribution >= 0.6 is 11.8 Å². The van der Waals surface area contributed by atoms with Crippen molar-refractivity contribution < 1.29 is 22.4 Å². The second kappa shape index (κ2) is 7.35. The van der Waals surface area contributed by atoms with Crippen LogP contribution in [0.2, 0.25) is 0 Å². The molecule has 0 atom stereocenters. The van der Waals surface area contributed by atoms with Gasteiger partial charge in [-0.2, -0.15) is 13.2 Å². The molecule has 0 bridgehead atoms. The molecule has 0 radical (unpaired) electrons. The summed E-state index contributed by atoms with van der Waals surface area (Å²) in [5.41, 5.74) is 0. The van der Waals surface area contributed by atoms with E-state index in [1.807, 2.05) is 0 Å². The predicted molar refractivity (Wildman–Crippen MR) is 77.1 cm³/mol. The standard InChI is InChI=1S/C15H17F4NOS/c16-12-1-3-13(4-2-12)22-10-7-14(21)20-8-5-11(6-9-20)15(17,18)19/h1-4,11H,5-10H2. The van der Waals surface area contributed by atoms with Crippen molar-refractivity contribution in [3.63, 3.8) is 0 Å². The first-order valence-corrected chi connectivity index (χ1v) is 8.07. The predicted octanol–water partition coefficient (Wildman–Crippen LogP) is 4.11. The van der Waals surface area contributed by atoms with Crippen molar-refractivity contribution in [3.8, 4) is 0 Å². The van der Waals surface area contributed by atoms with Gasteiger partial charge < -0.3 is 4.90 Å². The quantitative estimate of drug-likeness (QED) is 0.610. The minimum Gasteiger partial charge on any atom is -0.343 e. The highest BCUT2D eigenvalue weighted by atomic mass is 32.2. The molecule has 0 saturated carbocycles. The second-order valence-corrected chi connectivity index (χ2v) is 6.42. The third kappa shape index (κ3) is 4.90. The van der Waals surface area contributed by atoms with Crippen LogP contribution < -0.4 is 0 Å². The van der Waals surface area contributed by atoms with E-state index in [-0.39, 0.29) is 44.1 Å². The lowest BCUT2D eigenvalue weighted by Gasteiger charge is -2.33. The van der Waals surface area contributed by atoms with E-state index in [1.165, 1.54) is 28.8 Å². The van der Waals surface area contributed by atoms with Crippen LogP contribution in [0.4, 0.5) is 17.6 Å². The molecule has 1 heterocycles. The zero-order valence-corrected chi connectivity index (χ0v) is 12.7. The fourth-order valence-electron chi connectivity index (χ4n) is 2.40. The van der Waals surface area contributed by atoms with Crippen LogP contribution in [-0.4, -0.2) is 35.8 Å². The Labute approximate surface area is 130 Å². The largest absolute Gasteiger partial charge is 0.391 e. The Morgan fingerprint density at radius 1 is 1.18 bits per heavy atom. The molecule has 1 aliphatic heterocycles. The first kappa shape index (κ1) is 17.1. The lowest BCUT2D eigenvalue weighted by molar-refractivity contribution is -0.186. The molecule has 0 N–H and O–H groups in total. The maximum absolute atomic E-state index is 12.7. The molecule has 1 fully saturated rings. The fourth-order valence-corrected chi connectivity index (χ4v) is 3.24. The van der Waals surface area contributed by atoms with Crippen molar-refractivity contribution >= 4 is 17.7 Å². The summed E-state index contributed by atoms with van der Waals surface area (Å²) in [5.74, 6) is -1.18. The summed E-state index contributed by atoms with van der Waals surface area (Å²) in [6.45, 7) is 0.342. The monoisotopic (exact) mass is 335 g/mol. The number of alkyl halides is 3. The number of carbonyl (C=O) groups is 1. The number of amides is 1. The Morgan fingerprint density at radius 2 is 1.77 bits per heavy atom. The normalized spacial score (nSPS) is 16.8. The summed E-state index contributed by atoms with van der Waals surface area (Å²) in [4.78, 5) is 14.3. The van der Waals surface area contributed by atoms with Crippen LogP contribution in [0.5, 0.6) is 0 Å². The lowest BCUT2D eigenvalue weighted by atomic mass is 9.96. The Kier molecular flexibility index (Phi) is 5.72. The highest BCUT2D eigenvalue weighted by Gasteiger charge is 2.41. The van der Waals surface area contributed by atoms with Gasteiger partial charge in [0.15, 0.2) is 0 Å². The molecule has 1 saturated heterocycles. The van der Waals surface area contributed by atoms with E-state index in [9.17, 15) is 22.4 Å². The van der Waals surface area contributed by atoms with Gasteiger partial charge in [0.05, 0.1) is 5.92 Å². The first-order valence-electron chi connectivity index (χ1n) is 7.09. The molecule has 2 rings (SSSR count). The van der Waals surface area contributed by atoms with Gasteiger partial charge in [-0.25, -0.2) is 4.39 Å². The van der Waals surface area contributed by atoms with Crippen molar-refractivity contribution in [1.29, 1.82) is 0 Å².